The highest BCUT2D eigenvalue weighted by Gasteiger charge is 2.18. The molecule has 0 aliphatic heterocycles. The fourth-order valence-corrected chi connectivity index (χ4v) is 3.29. The summed E-state index contributed by atoms with van der Waals surface area (Å²) in [7, 11) is -4.11. The van der Waals surface area contributed by atoms with Crippen LogP contribution in [0, 0.1) is 10.1 Å². The van der Waals surface area contributed by atoms with E-state index < -0.39 is 14.9 Å². The van der Waals surface area contributed by atoms with Crippen LogP contribution in [0.4, 0.5) is 11.4 Å². The predicted molar refractivity (Wildman–Crippen MR) is 99.6 cm³/mol. The van der Waals surface area contributed by atoms with Gasteiger partial charge in [0.15, 0.2) is 0 Å². The lowest BCUT2D eigenvalue weighted by Crippen LogP contribution is -2.15. The molecule has 140 valence electrons. The van der Waals surface area contributed by atoms with Crippen LogP contribution >= 0.6 is 0 Å². The van der Waals surface area contributed by atoms with Crippen molar-refractivity contribution in [3.05, 3.63) is 82.4 Å². The highest BCUT2D eigenvalue weighted by atomic mass is 32.2. The smallest absolute Gasteiger partial charge is 0.270 e. The van der Waals surface area contributed by atoms with Crippen molar-refractivity contribution in [2.24, 2.45) is 5.14 Å². The van der Waals surface area contributed by atoms with Gasteiger partial charge in [0.25, 0.3) is 5.69 Å². The normalized spacial score (nSPS) is 11.3. The number of nitro benzene ring substituents is 1. The Morgan fingerprint density at radius 1 is 1.15 bits per heavy atom. The fourth-order valence-electron chi connectivity index (χ4n) is 2.56. The summed E-state index contributed by atoms with van der Waals surface area (Å²) in [6.07, 6.45) is 5.32. The van der Waals surface area contributed by atoms with E-state index in [1.54, 1.807) is 12.5 Å². The first-order valence-electron chi connectivity index (χ1n) is 7.91. The van der Waals surface area contributed by atoms with Crippen LogP contribution in [0.1, 0.15) is 11.1 Å². The van der Waals surface area contributed by atoms with Gasteiger partial charge in [-0.2, -0.15) is 0 Å². The van der Waals surface area contributed by atoms with Crippen molar-refractivity contribution in [1.29, 1.82) is 0 Å². The number of nitrogens with zero attached hydrogens (tertiary/aromatic N) is 3. The van der Waals surface area contributed by atoms with Crippen LogP contribution in [-0.4, -0.2) is 22.9 Å². The van der Waals surface area contributed by atoms with E-state index in [1.807, 2.05) is 35.0 Å². The lowest BCUT2D eigenvalue weighted by molar-refractivity contribution is -0.385. The monoisotopic (exact) mass is 387 g/mol. The van der Waals surface area contributed by atoms with E-state index in [4.69, 9.17) is 5.14 Å². The first-order valence-corrected chi connectivity index (χ1v) is 9.46. The lowest BCUT2D eigenvalue weighted by atomic mass is 10.1. The molecule has 2 aromatic carbocycles. The number of nitrogens with one attached hydrogen (secondary N) is 1. The zero-order chi connectivity index (χ0) is 19.4. The molecule has 0 spiro atoms. The number of nitro groups is 1. The standard InChI is InChI=1S/C17H17N5O4S/c18-27(25,26)17-9-15(22(23)24)5-6-16(17)20-10-13-1-3-14(4-2-13)11-21-8-7-19-12-21/h1-9,12,20H,10-11H2,(H2,18,25,26). The van der Waals surface area contributed by atoms with Crippen molar-refractivity contribution in [2.45, 2.75) is 18.0 Å². The molecule has 9 nitrogen and oxygen atoms in total. The van der Waals surface area contributed by atoms with Crippen molar-refractivity contribution in [2.75, 3.05) is 5.32 Å². The average molecular weight is 387 g/mol. The van der Waals surface area contributed by atoms with Gasteiger partial charge >= 0.3 is 0 Å². The molecule has 0 bridgehead atoms. The average Bonchev–Trinajstić information content (AvgIpc) is 3.13. The molecule has 1 aromatic heterocycles. The predicted octanol–water partition coefficient (Wildman–Crippen LogP) is 2.10. The number of rotatable bonds is 7. The van der Waals surface area contributed by atoms with Gasteiger partial charge in [-0.25, -0.2) is 18.5 Å². The number of hydrogen-bond donors (Lipinski definition) is 2. The largest absolute Gasteiger partial charge is 0.380 e. The highest BCUT2D eigenvalue weighted by Crippen LogP contribution is 2.26. The molecule has 0 atom stereocenters. The van der Waals surface area contributed by atoms with Gasteiger partial charge in [-0.15, -0.1) is 0 Å². The molecule has 0 aliphatic rings. The topological polar surface area (TPSA) is 133 Å². The second kappa shape index (κ2) is 7.56. The van der Waals surface area contributed by atoms with Crippen LogP contribution in [0.15, 0.2) is 66.1 Å². The van der Waals surface area contributed by atoms with Crippen molar-refractivity contribution < 1.29 is 13.3 Å². The van der Waals surface area contributed by atoms with Gasteiger partial charge in [0.2, 0.25) is 10.0 Å². The van der Waals surface area contributed by atoms with Crippen molar-refractivity contribution in [3.8, 4) is 0 Å². The van der Waals surface area contributed by atoms with Crippen molar-refractivity contribution in [1.82, 2.24) is 9.55 Å². The summed E-state index contributed by atoms with van der Waals surface area (Å²) in [5.41, 5.74) is 1.89. The summed E-state index contributed by atoms with van der Waals surface area (Å²) in [5, 5.41) is 19.0. The zero-order valence-corrected chi connectivity index (χ0v) is 15.0. The van der Waals surface area contributed by atoms with Crippen LogP contribution in [-0.2, 0) is 23.1 Å². The maximum atomic E-state index is 11.7. The van der Waals surface area contributed by atoms with E-state index >= 15 is 0 Å². The fraction of sp³-hybridized carbons (Fsp3) is 0.118. The van der Waals surface area contributed by atoms with Crippen LogP contribution in [0.3, 0.4) is 0 Å². The molecule has 3 aromatic rings. The number of imidazole rings is 1. The van der Waals surface area contributed by atoms with E-state index in [0.717, 1.165) is 17.2 Å². The van der Waals surface area contributed by atoms with Crippen LogP contribution < -0.4 is 10.5 Å². The number of nitrogens with two attached hydrogens (primary N) is 1. The summed E-state index contributed by atoms with van der Waals surface area (Å²) >= 11 is 0. The van der Waals surface area contributed by atoms with Gasteiger partial charge in [0.05, 0.1) is 16.9 Å². The lowest BCUT2D eigenvalue weighted by Gasteiger charge is -2.11. The molecule has 0 saturated carbocycles. The summed E-state index contributed by atoms with van der Waals surface area (Å²) in [6, 6.07) is 11.3. The molecule has 0 amide bonds. The number of hydrogen-bond acceptors (Lipinski definition) is 6. The molecule has 0 aliphatic carbocycles. The minimum atomic E-state index is -4.11. The second-order valence-corrected chi connectivity index (χ2v) is 7.42. The number of sulfonamides is 1. The van der Waals surface area contributed by atoms with Gasteiger partial charge in [-0.3, -0.25) is 10.1 Å². The van der Waals surface area contributed by atoms with Crippen molar-refractivity contribution >= 4 is 21.4 Å². The maximum Gasteiger partial charge on any atom is 0.270 e. The Morgan fingerprint density at radius 2 is 1.85 bits per heavy atom. The Balaban J connectivity index is 1.73. The Bertz CT molecular complexity index is 1050. The summed E-state index contributed by atoms with van der Waals surface area (Å²) in [6.45, 7) is 1.04. The Morgan fingerprint density at radius 3 is 2.44 bits per heavy atom. The molecule has 0 radical (unpaired) electrons. The number of anilines is 1. The van der Waals surface area contributed by atoms with E-state index in [1.165, 1.54) is 12.1 Å². The Kier molecular flexibility index (Phi) is 5.19. The minimum Gasteiger partial charge on any atom is -0.380 e. The van der Waals surface area contributed by atoms with Crippen LogP contribution in [0.2, 0.25) is 0 Å². The van der Waals surface area contributed by atoms with Crippen LogP contribution in [0.25, 0.3) is 0 Å². The summed E-state index contributed by atoms with van der Waals surface area (Å²) in [5.74, 6) is 0. The quantitative estimate of drug-likeness (QED) is 0.471. The third-order valence-electron chi connectivity index (χ3n) is 3.91. The number of non-ortho nitro benzene ring substituents is 1. The summed E-state index contributed by atoms with van der Waals surface area (Å²) in [4.78, 5) is 13.9. The van der Waals surface area contributed by atoms with Gasteiger partial charge in [0.1, 0.15) is 4.90 Å². The first kappa shape index (κ1) is 18.5. The number of aromatic nitrogens is 2. The number of benzene rings is 2. The van der Waals surface area contributed by atoms with E-state index in [-0.39, 0.29) is 16.3 Å². The second-order valence-electron chi connectivity index (χ2n) is 5.89. The zero-order valence-electron chi connectivity index (χ0n) is 14.1. The summed E-state index contributed by atoms with van der Waals surface area (Å²) < 4.78 is 25.4. The van der Waals surface area contributed by atoms with E-state index in [0.29, 0.717) is 13.1 Å². The Hall–Kier alpha value is -3.24. The van der Waals surface area contributed by atoms with E-state index in [2.05, 4.69) is 10.3 Å². The third-order valence-corrected chi connectivity index (χ3v) is 4.86. The van der Waals surface area contributed by atoms with Crippen molar-refractivity contribution in [3.63, 3.8) is 0 Å². The maximum absolute atomic E-state index is 11.7. The molecular weight excluding hydrogens is 370 g/mol. The molecule has 0 unspecified atom stereocenters. The van der Waals surface area contributed by atoms with Gasteiger partial charge in [0, 0.05) is 37.6 Å². The Labute approximate surface area is 155 Å². The first-order chi connectivity index (χ1) is 12.8. The highest BCUT2D eigenvalue weighted by molar-refractivity contribution is 7.89. The van der Waals surface area contributed by atoms with Crippen LogP contribution in [0.5, 0.6) is 0 Å². The minimum absolute atomic E-state index is 0.214. The SMILES string of the molecule is NS(=O)(=O)c1cc([N+](=O)[O-])ccc1NCc1ccc(Cn2ccnc2)cc1. The molecule has 0 saturated heterocycles. The molecule has 27 heavy (non-hydrogen) atoms. The molecule has 10 heteroatoms. The molecule has 3 rings (SSSR count). The van der Waals surface area contributed by atoms with Gasteiger partial charge < -0.3 is 9.88 Å². The third kappa shape index (κ3) is 4.68. The number of primary sulfonamides is 1. The van der Waals surface area contributed by atoms with Gasteiger partial charge in [-0.1, -0.05) is 24.3 Å². The molecular formula is C17H17N5O4S. The molecule has 0 fully saturated rings. The van der Waals surface area contributed by atoms with E-state index in [9.17, 15) is 18.5 Å². The molecule has 3 N–H and O–H groups in total. The molecule has 1 heterocycles. The van der Waals surface area contributed by atoms with Gasteiger partial charge in [-0.05, 0) is 17.2 Å².